The zero-order chi connectivity index (χ0) is 11.7. The summed E-state index contributed by atoms with van der Waals surface area (Å²) in [5.74, 6) is 0. The van der Waals surface area contributed by atoms with Crippen LogP contribution in [-0.2, 0) is 4.74 Å². The van der Waals surface area contributed by atoms with E-state index in [1.807, 2.05) is 13.8 Å². The van der Waals surface area contributed by atoms with Crippen molar-refractivity contribution in [2.75, 3.05) is 26.8 Å². The summed E-state index contributed by atoms with van der Waals surface area (Å²) in [7, 11) is 1.78. The Morgan fingerprint density at radius 1 is 1.40 bits per heavy atom. The molecule has 1 aliphatic heterocycles. The van der Waals surface area contributed by atoms with E-state index in [2.05, 4.69) is 24.8 Å². The van der Waals surface area contributed by atoms with E-state index in [0.29, 0.717) is 6.04 Å². The minimum absolute atomic E-state index is 0.648. The molecule has 0 aromatic carbocycles. The first-order valence-corrected chi connectivity index (χ1v) is 6.25. The largest absolute Gasteiger partial charge is 0.385 e. The van der Waals surface area contributed by atoms with Crippen LogP contribution in [0.5, 0.6) is 0 Å². The van der Waals surface area contributed by atoms with Crippen LogP contribution in [0.1, 0.15) is 40.5 Å². The lowest BCUT2D eigenvalue weighted by Gasteiger charge is -2.25. The monoisotopic (exact) mass is 213 g/mol. The van der Waals surface area contributed by atoms with Crippen molar-refractivity contribution >= 4 is 0 Å². The Kier molecular flexibility index (Phi) is 8.73. The van der Waals surface area contributed by atoms with Crippen LogP contribution in [0.25, 0.3) is 0 Å². The third-order valence-corrected chi connectivity index (χ3v) is 2.87. The number of likely N-dealkylation sites (N-methyl/N-ethyl adjacent to an activating group) is 1. The van der Waals surface area contributed by atoms with Crippen molar-refractivity contribution in [1.82, 2.24) is 4.90 Å². The molecule has 0 aliphatic carbocycles. The molecule has 0 spiro atoms. The van der Waals surface area contributed by atoms with Gasteiger partial charge in [-0.05, 0) is 19.4 Å². The molecule has 1 rings (SSSR count). The van der Waals surface area contributed by atoms with Gasteiger partial charge in [0, 0.05) is 26.3 Å². The first-order valence-electron chi connectivity index (χ1n) is 6.25. The molecule has 0 radical (unpaired) electrons. The highest BCUT2D eigenvalue weighted by Gasteiger charge is 2.23. The summed E-state index contributed by atoms with van der Waals surface area (Å²) in [6.45, 7) is 11.6. The van der Waals surface area contributed by atoms with E-state index < -0.39 is 0 Å². The van der Waals surface area contributed by atoms with E-state index in [9.17, 15) is 0 Å². The van der Waals surface area contributed by atoms with Crippen LogP contribution in [-0.4, -0.2) is 37.7 Å². The van der Waals surface area contributed by atoms with Crippen molar-refractivity contribution in [2.45, 2.75) is 46.6 Å². The van der Waals surface area contributed by atoms with Gasteiger partial charge >= 0.3 is 0 Å². The molecule has 1 atom stereocenters. The zero-order valence-corrected chi connectivity index (χ0v) is 11.0. The Labute approximate surface area is 95.3 Å². The maximum atomic E-state index is 5.14. The van der Waals surface area contributed by atoms with Crippen LogP contribution in [0.3, 0.4) is 0 Å². The minimum Gasteiger partial charge on any atom is -0.385 e. The van der Waals surface area contributed by atoms with Crippen LogP contribution in [0.4, 0.5) is 0 Å². The number of hydrogen-bond acceptors (Lipinski definition) is 2. The molecule has 1 aliphatic rings. The fourth-order valence-corrected chi connectivity index (χ4v) is 2.06. The summed E-state index contributed by atoms with van der Waals surface area (Å²) < 4.78 is 5.14. The predicted molar refractivity (Wildman–Crippen MR) is 67.3 cm³/mol. The number of ether oxygens (including phenoxy) is 1. The first kappa shape index (κ1) is 14.7. The highest BCUT2D eigenvalue weighted by atomic mass is 16.5. The van der Waals surface area contributed by atoms with Gasteiger partial charge in [0.15, 0.2) is 0 Å². The van der Waals surface area contributed by atoms with Crippen LogP contribution in [0.15, 0.2) is 11.6 Å². The summed E-state index contributed by atoms with van der Waals surface area (Å²) in [6, 6.07) is 0.648. The Morgan fingerprint density at radius 2 is 2.07 bits per heavy atom. The Bertz CT molecular complexity index is 177. The Hall–Kier alpha value is -0.340. The Morgan fingerprint density at radius 3 is 2.53 bits per heavy atom. The fraction of sp³-hybridized carbons (Fsp3) is 0.846. The van der Waals surface area contributed by atoms with Crippen LogP contribution >= 0.6 is 0 Å². The molecule has 2 heteroatoms. The normalized spacial score (nSPS) is 20.9. The second-order valence-electron chi connectivity index (χ2n) is 3.52. The van der Waals surface area contributed by atoms with Crippen molar-refractivity contribution in [3.05, 3.63) is 11.6 Å². The molecule has 0 aromatic rings. The molecule has 0 bridgehead atoms. The lowest BCUT2D eigenvalue weighted by atomic mass is 10.0. The van der Waals surface area contributed by atoms with E-state index >= 15 is 0 Å². The second-order valence-corrected chi connectivity index (χ2v) is 3.52. The molecule has 0 fully saturated rings. The average Bonchev–Trinajstić information content (AvgIpc) is 2.70. The van der Waals surface area contributed by atoms with Gasteiger partial charge in [-0.3, -0.25) is 4.90 Å². The number of rotatable bonds is 5. The third-order valence-electron chi connectivity index (χ3n) is 2.87. The van der Waals surface area contributed by atoms with Gasteiger partial charge in [0.05, 0.1) is 0 Å². The SMILES string of the molecule is CC.CCC1=CCN(CC)C1CCOC. The molecule has 0 N–H and O–H groups in total. The fourth-order valence-electron chi connectivity index (χ4n) is 2.06. The maximum absolute atomic E-state index is 5.14. The quantitative estimate of drug-likeness (QED) is 0.651. The van der Waals surface area contributed by atoms with Gasteiger partial charge in [0.1, 0.15) is 0 Å². The smallest absolute Gasteiger partial charge is 0.0480 e. The topological polar surface area (TPSA) is 12.5 Å². The van der Waals surface area contributed by atoms with E-state index in [0.717, 1.165) is 26.1 Å². The number of nitrogens with zero attached hydrogens (tertiary/aromatic N) is 1. The summed E-state index contributed by atoms with van der Waals surface area (Å²) >= 11 is 0. The molecule has 1 unspecified atom stereocenters. The first-order chi connectivity index (χ1) is 7.33. The van der Waals surface area contributed by atoms with Crippen molar-refractivity contribution in [2.24, 2.45) is 0 Å². The highest BCUT2D eigenvalue weighted by Crippen LogP contribution is 2.23. The third kappa shape index (κ3) is 4.35. The van der Waals surface area contributed by atoms with Gasteiger partial charge in [-0.15, -0.1) is 0 Å². The molecule has 2 nitrogen and oxygen atoms in total. The van der Waals surface area contributed by atoms with Crippen molar-refractivity contribution in [3.8, 4) is 0 Å². The van der Waals surface area contributed by atoms with E-state index in [-0.39, 0.29) is 0 Å². The Balaban J connectivity index is 0.000000921. The van der Waals surface area contributed by atoms with Gasteiger partial charge < -0.3 is 4.74 Å². The van der Waals surface area contributed by atoms with Gasteiger partial charge in [0.25, 0.3) is 0 Å². The van der Waals surface area contributed by atoms with E-state index in [1.165, 1.54) is 6.42 Å². The van der Waals surface area contributed by atoms with E-state index in [1.54, 1.807) is 12.7 Å². The molecule has 0 saturated carbocycles. The molecule has 15 heavy (non-hydrogen) atoms. The van der Waals surface area contributed by atoms with Crippen molar-refractivity contribution in [3.63, 3.8) is 0 Å². The summed E-state index contributed by atoms with van der Waals surface area (Å²) in [5, 5.41) is 0. The zero-order valence-electron chi connectivity index (χ0n) is 11.0. The molecule has 0 amide bonds. The van der Waals surface area contributed by atoms with Crippen molar-refractivity contribution in [1.29, 1.82) is 0 Å². The lowest BCUT2D eigenvalue weighted by molar-refractivity contribution is 0.160. The second kappa shape index (κ2) is 8.93. The molecule has 0 saturated heterocycles. The summed E-state index contributed by atoms with van der Waals surface area (Å²) in [5.41, 5.74) is 1.60. The molecular weight excluding hydrogens is 186 g/mol. The highest BCUT2D eigenvalue weighted by molar-refractivity contribution is 5.17. The van der Waals surface area contributed by atoms with Gasteiger partial charge in [-0.1, -0.05) is 39.3 Å². The number of hydrogen-bond donors (Lipinski definition) is 0. The molecule has 1 heterocycles. The average molecular weight is 213 g/mol. The van der Waals surface area contributed by atoms with Gasteiger partial charge in [0.2, 0.25) is 0 Å². The summed E-state index contributed by atoms with van der Waals surface area (Å²) in [4.78, 5) is 2.51. The molecular formula is C13H27NO. The van der Waals surface area contributed by atoms with E-state index in [4.69, 9.17) is 4.74 Å². The van der Waals surface area contributed by atoms with Crippen LogP contribution in [0.2, 0.25) is 0 Å². The molecule has 90 valence electrons. The predicted octanol–water partition coefficient (Wildman–Crippen LogP) is 3.09. The molecule has 0 aromatic heterocycles. The minimum atomic E-state index is 0.648. The van der Waals surface area contributed by atoms with Gasteiger partial charge in [-0.2, -0.15) is 0 Å². The van der Waals surface area contributed by atoms with Crippen molar-refractivity contribution < 1.29 is 4.74 Å². The van der Waals surface area contributed by atoms with Crippen LogP contribution < -0.4 is 0 Å². The van der Waals surface area contributed by atoms with Gasteiger partial charge in [-0.25, -0.2) is 0 Å². The lowest BCUT2D eigenvalue weighted by Crippen LogP contribution is -2.32. The van der Waals surface area contributed by atoms with Crippen LogP contribution in [0, 0.1) is 0 Å². The maximum Gasteiger partial charge on any atom is 0.0480 e. The summed E-state index contributed by atoms with van der Waals surface area (Å²) in [6.07, 6.45) is 4.71. The standard InChI is InChI=1S/C11H21NO.C2H6/c1-4-10-6-8-12(5-2)11(10)7-9-13-3;1-2/h6,11H,4-5,7-9H2,1-3H3;1-2H3. The number of methoxy groups -OCH3 is 1.